The minimum Gasteiger partial charge on any atom is -0.299 e. The molecule has 0 saturated carbocycles. The first-order valence-corrected chi connectivity index (χ1v) is 5.98. The van der Waals surface area contributed by atoms with Crippen molar-refractivity contribution in [3.05, 3.63) is 12.2 Å². The van der Waals surface area contributed by atoms with Crippen molar-refractivity contribution in [1.29, 1.82) is 0 Å². The summed E-state index contributed by atoms with van der Waals surface area (Å²) in [6, 6.07) is 0. The van der Waals surface area contributed by atoms with Gasteiger partial charge < -0.3 is 0 Å². The van der Waals surface area contributed by atoms with Crippen molar-refractivity contribution in [3.8, 4) is 0 Å². The Morgan fingerprint density at radius 2 is 1.79 bits per heavy atom. The van der Waals surface area contributed by atoms with E-state index < -0.39 is 0 Å². The van der Waals surface area contributed by atoms with Gasteiger partial charge in [-0.05, 0) is 19.3 Å². The maximum absolute atomic E-state index is 11.1. The maximum atomic E-state index is 11.1. The van der Waals surface area contributed by atoms with Crippen molar-refractivity contribution in [3.63, 3.8) is 0 Å². The van der Waals surface area contributed by atoms with Gasteiger partial charge in [-0.25, -0.2) is 0 Å². The second-order valence-corrected chi connectivity index (χ2v) is 3.81. The summed E-state index contributed by atoms with van der Waals surface area (Å²) in [5, 5.41) is 0. The summed E-state index contributed by atoms with van der Waals surface area (Å²) >= 11 is 0. The summed E-state index contributed by atoms with van der Waals surface area (Å²) in [7, 11) is 0. The molecule has 1 nitrogen and oxygen atoms in total. The van der Waals surface area contributed by atoms with Crippen molar-refractivity contribution in [1.82, 2.24) is 0 Å². The first-order chi connectivity index (χ1) is 6.81. The Balaban J connectivity index is 3.22. The van der Waals surface area contributed by atoms with Crippen molar-refractivity contribution in [2.75, 3.05) is 0 Å². The third-order valence-electron chi connectivity index (χ3n) is 2.27. The second kappa shape index (κ2) is 10.5. The van der Waals surface area contributed by atoms with Gasteiger partial charge in [-0.1, -0.05) is 45.3 Å². The minimum absolute atomic E-state index is 0.373. The van der Waals surface area contributed by atoms with Crippen molar-refractivity contribution < 1.29 is 4.79 Å². The zero-order valence-corrected chi connectivity index (χ0v) is 9.72. The summed E-state index contributed by atoms with van der Waals surface area (Å²) in [5.74, 6) is 0.373. The van der Waals surface area contributed by atoms with Gasteiger partial charge in [0.05, 0.1) is 0 Å². The Hall–Kier alpha value is -0.590. The van der Waals surface area contributed by atoms with Crippen molar-refractivity contribution in [2.24, 2.45) is 0 Å². The Labute approximate surface area is 88.6 Å². The number of rotatable bonds is 9. The summed E-state index contributed by atoms with van der Waals surface area (Å²) in [5.41, 5.74) is 0. The highest BCUT2D eigenvalue weighted by atomic mass is 16.1. The molecule has 0 saturated heterocycles. The van der Waals surface area contributed by atoms with E-state index in [1.165, 1.54) is 25.7 Å². The lowest BCUT2D eigenvalue weighted by Gasteiger charge is -1.94. The van der Waals surface area contributed by atoms with Gasteiger partial charge in [0.25, 0.3) is 0 Å². The molecule has 0 unspecified atom stereocenters. The molecule has 0 rings (SSSR count). The molecule has 0 aromatic heterocycles. The van der Waals surface area contributed by atoms with Gasteiger partial charge in [0.1, 0.15) is 5.78 Å². The first-order valence-electron chi connectivity index (χ1n) is 5.98. The fourth-order valence-electron chi connectivity index (χ4n) is 1.40. The largest absolute Gasteiger partial charge is 0.299 e. The normalized spacial score (nSPS) is 11.0. The van der Waals surface area contributed by atoms with E-state index in [1.807, 2.05) is 13.0 Å². The molecule has 0 bridgehead atoms. The third kappa shape index (κ3) is 9.50. The van der Waals surface area contributed by atoms with Crippen LogP contribution in [0.15, 0.2) is 12.2 Å². The molecular formula is C13H24O. The molecule has 0 aliphatic rings. The highest BCUT2D eigenvalue weighted by Gasteiger charge is 1.94. The van der Waals surface area contributed by atoms with Gasteiger partial charge in [-0.15, -0.1) is 0 Å². The molecule has 0 aliphatic carbocycles. The number of carbonyl (C=O) groups excluding carboxylic acids is 1. The molecule has 0 radical (unpaired) electrons. The average molecular weight is 196 g/mol. The van der Waals surface area contributed by atoms with Crippen LogP contribution in [0.5, 0.6) is 0 Å². The SMILES string of the molecule is CCCCCCC=CCC(=O)CCC. The lowest BCUT2D eigenvalue weighted by molar-refractivity contribution is -0.118. The topological polar surface area (TPSA) is 17.1 Å². The van der Waals surface area contributed by atoms with Gasteiger partial charge in [-0.3, -0.25) is 4.79 Å². The Morgan fingerprint density at radius 1 is 1.00 bits per heavy atom. The molecule has 0 fully saturated rings. The monoisotopic (exact) mass is 196 g/mol. The minimum atomic E-state index is 0.373. The highest BCUT2D eigenvalue weighted by Crippen LogP contribution is 2.03. The van der Waals surface area contributed by atoms with Crippen LogP contribution < -0.4 is 0 Å². The lowest BCUT2D eigenvalue weighted by atomic mass is 10.1. The van der Waals surface area contributed by atoms with Crippen molar-refractivity contribution in [2.45, 2.75) is 65.2 Å². The van der Waals surface area contributed by atoms with Gasteiger partial charge in [0.15, 0.2) is 0 Å². The van der Waals surface area contributed by atoms with E-state index in [-0.39, 0.29) is 0 Å². The zero-order valence-electron chi connectivity index (χ0n) is 9.72. The van der Waals surface area contributed by atoms with E-state index in [0.29, 0.717) is 12.2 Å². The quantitative estimate of drug-likeness (QED) is 0.397. The van der Waals surface area contributed by atoms with Gasteiger partial charge >= 0.3 is 0 Å². The molecule has 0 N–H and O–H groups in total. The summed E-state index contributed by atoms with van der Waals surface area (Å²) in [4.78, 5) is 11.1. The van der Waals surface area contributed by atoms with Crippen LogP contribution in [-0.2, 0) is 4.79 Å². The number of ketones is 1. The maximum Gasteiger partial charge on any atom is 0.136 e. The van der Waals surface area contributed by atoms with E-state index in [1.54, 1.807) is 0 Å². The Kier molecular flexibility index (Phi) is 10.0. The van der Waals surface area contributed by atoms with Gasteiger partial charge in [-0.2, -0.15) is 0 Å². The molecule has 14 heavy (non-hydrogen) atoms. The van der Waals surface area contributed by atoms with Crippen LogP contribution in [0.3, 0.4) is 0 Å². The van der Waals surface area contributed by atoms with Crippen LogP contribution in [-0.4, -0.2) is 5.78 Å². The molecule has 0 aromatic carbocycles. The Bertz CT molecular complexity index is 159. The third-order valence-corrected chi connectivity index (χ3v) is 2.27. The molecule has 0 atom stereocenters. The van der Waals surface area contributed by atoms with E-state index >= 15 is 0 Å². The number of carbonyl (C=O) groups is 1. The molecule has 82 valence electrons. The van der Waals surface area contributed by atoms with E-state index in [0.717, 1.165) is 19.3 Å². The van der Waals surface area contributed by atoms with Crippen LogP contribution in [0.1, 0.15) is 65.2 Å². The molecule has 0 aliphatic heterocycles. The van der Waals surface area contributed by atoms with E-state index in [9.17, 15) is 4.79 Å². The van der Waals surface area contributed by atoms with Crippen molar-refractivity contribution >= 4 is 5.78 Å². The molecular weight excluding hydrogens is 172 g/mol. The lowest BCUT2D eigenvalue weighted by Crippen LogP contribution is -1.93. The van der Waals surface area contributed by atoms with Crippen LogP contribution in [0.2, 0.25) is 0 Å². The molecule has 0 heterocycles. The number of hydrogen-bond donors (Lipinski definition) is 0. The molecule has 0 spiro atoms. The Morgan fingerprint density at radius 3 is 2.43 bits per heavy atom. The zero-order chi connectivity index (χ0) is 10.6. The van der Waals surface area contributed by atoms with Crippen LogP contribution in [0.4, 0.5) is 0 Å². The summed E-state index contributed by atoms with van der Waals surface area (Å²) in [6.07, 6.45) is 12.9. The van der Waals surface area contributed by atoms with Crippen LogP contribution in [0.25, 0.3) is 0 Å². The average Bonchev–Trinajstić information content (AvgIpc) is 2.17. The summed E-state index contributed by atoms with van der Waals surface area (Å²) < 4.78 is 0. The molecule has 1 heteroatoms. The van der Waals surface area contributed by atoms with E-state index in [4.69, 9.17) is 0 Å². The fourth-order valence-corrected chi connectivity index (χ4v) is 1.40. The highest BCUT2D eigenvalue weighted by molar-refractivity contribution is 5.79. The predicted molar refractivity (Wildman–Crippen MR) is 62.4 cm³/mol. The number of unbranched alkanes of at least 4 members (excludes halogenated alkanes) is 4. The van der Waals surface area contributed by atoms with Gasteiger partial charge in [0, 0.05) is 12.8 Å². The van der Waals surface area contributed by atoms with E-state index in [2.05, 4.69) is 13.0 Å². The summed E-state index contributed by atoms with van der Waals surface area (Å²) in [6.45, 7) is 4.27. The second-order valence-electron chi connectivity index (χ2n) is 3.81. The first kappa shape index (κ1) is 13.4. The smallest absolute Gasteiger partial charge is 0.136 e. The fraction of sp³-hybridized carbons (Fsp3) is 0.769. The standard InChI is InChI=1S/C13H24O/c1-3-5-6-7-8-9-10-12-13(14)11-4-2/h9-10H,3-8,11-12H2,1-2H3. The van der Waals surface area contributed by atoms with Gasteiger partial charge in [0.2, 0.25) is 0 Å². The van der Waals surface area contributed by atoms with Crippen LogP contribution >= 0.6 is 0 Å². The molecule has 0 aromatic rings. The number of hydrogen-bond acceptors (Lipinski definition) is 1. The number of Topliss-reactive ketones (excluding diaryl/α,β-unsaturated/α-hetero) is 1. The predicted octanol–water partition coefficient (Wildman–Crippen LogP) is 4.27. The molecule has 0 amide bonds. The van der Waals surface area contributed by atoms with Crippen LogP contribution in [0, 0.1) is 0 Å². The number of allylic oxidation sites excluding steroid dienone is 2.